The van der Waals surface area contributed by atoms with Gasteiger partial charge in [-0.05, 0) is 51.6 Å². The Labute approximate surface area is 168 Å². The van der Waals surface area contributed by atoms with Gasteiger partial charge >= 0.3 is 11.9 Å². The third-order valence-corrected chi connectivity index (χ3v) is 4.28. The van der Waals surface area contributed by atoms with Crippen molar-refractivity contribution >= 4 is 23.7 Å². The van der Waals surface area contributed by atoms with E-state index in [9.17, 15) is 14.4 Å². The molecule has 2 aromatic rings. The molecule has 0 saturated heterocycles. The Bertz CT molecular complexity index is 931. The van der Waals surface area contributed by atoms with Crippen molar-refractivity contribution in [3.63, 3.8) is 0 Å². The number of ether oxygens (including phenoxy) is 2. The zero-order chi connectivity index (χ0) is 20.9. The molecule has 0 aliphatic rings. The molecule has 0 bridgehead atoms. The molecular weight excluding hydrogens is 380 g/mol. The van der Waals surface area contributed by atoms with Crippen molar-refractivity contribution in [2.75, 3.05) is 12.9 Å². The van der Waals surface area contributed by atoms with Gasteiger partial charge in [-0.25, -0.2) is 9.78 Å². The molecule has 0 fully saturated rings. The van der Waals surface area contributed by atoms with Crippen molar-refractivity contribution in [1.29, 1.82) is 0 Å². The van der Waals surface area contributed by atoms with Crippen molar-refractivity contribution in [2.24, 2.45) is 0 Å². The van der Waals surface area contributed by atoms with E-state index in [1.807, 2.05) is 0 Å². The summed E-state index contributed by atoms with van der Waals surface area (Å²) in [7, 11) is 0. The molecule has 0 aliphatic carbocycles. The molecule has 1 aromatic carbocycles. The predicted octanol–water partition coefficient (Wildman–Crippen LogP) is 3.15. The second-order valence-corrected chi connectivity index (χ2v) is 7.71. The van der Waals surface area contributed by atoms with Gasteiger partial charge in [0.05, 0.1) is 17.7 Å². The Morgan fingerprint density at radius 3 is 2.57 bits per heavy atom. The third-order valence-electron chi connectivity index (χ3n) is 3.59. The van der Waals surface area contributed by atoms with Gasteiger partial charge in [-0.15, -0.1) is 0 Å². The monoisotopic (exact) mass is 404 g/mol. The van der Waals surface area contributed by atoms with Gasteiger partial charge in [0.2, 0.25) is 0 Å². The molecule has 0 amide bonds. The van der Waals surface area contributed by atoms with Crippen LogP contribution in [-0.2, 0) is 20.8 Å². The van der Waals surface area contributed by atoms with Crippen LogP contribution < -0.4 is 5.56 Å². The average Bonchev–Trinajstić information content (AvgIpc) is 2.62. The van der Waals surface area contributed by atoms with Crippen molar-refractivity contribution in [2.45, 2.75) is 45.0 Å². The molecule has 0 atom stereocenters. The standard InChI is InChI=1S/C20H24N2O5S/c1-6-26-18(25)14-9-7-8-13(10-14)15-11-21-19(28-5)22(17(15)24)12-16(23)27-20(2,3)4/h7-11H,6,12H2,1-5H3. The van der Waals surface area contributed by atoms with E-state index >= 15 is 0 Å². The summed E-state index contributed by atoms with van der Waals surface area (Å²) in [5.74, 6) is -0.990. The van der Waals surface area contributed by atoms with Gasteiger partial charge in [-0.1, -0.05) is 23.9 Å². The largest absolute Gasteiger partial charge is 0.462 e. The Balaban J connectivity index is 2.45. The molecule has 0 aliphatic heterocycles. The first-order valence-electron chi connectivity index (χ1n) is 8.79. The molecule has 0 saturated carbocycles. The topological polar surface area (TPSA) is 87.5 Å². The van der Waals surface area contributed by atoms with Crippen molar-refractivity contribution < 1.29 is 19.1 Å². The smallest absolute Gasteiger partial charge is 0.338 e. The van der Waals surface area contributed by atoms with Gasteiger partial charge in [0.15, 0.2) is 5.16 Å². The Kier molecular flexibility index (Phi) is 7.01. The number of benzene rings is 1. The molecule has 0 N–H and O–H groups in total. The van der Waals surface area contributed by atoms with Crippen LogP contribution in [0.2, 0.25) is 0 Å². The van der Waals surface area contributed by atoms with E-state index in [0.29, 0.717) is 16.3 Å². The molecule has 8 heteroatoms. The predicted molar refractivity (Wildman–Crippen MR) is 108 cm³/mol. The number of esters is 2. The quantitative estimate of drug-likeness (QED) is 0.415. The van der Waals surface area contributed by atoms with Crippen LogP contribution in [0.5, 0.6) is 0 Å². The van der Waals surface area contributed by atoms with Crippen molar-refractivity contribution in [1.82, 2.24) is 9.55 Å². The number of aromatic nitrogens is 2. The second kappa shape index (κ2) is 9.05. The summed E-state index contributed by atoms with van der Waals surface area (Å²) in [5.41, 5.74) is 0.109. The summed E-state index contributed by atoms with van der Waals surface area (Å²) < 4.78 is 11.6. The molecule has 7 nitrogen and oxygen atoms in total. The number of carbonyl (C=O) groups is 2. The van der Waals surface area contributed by atoms with E-state index in [4.69, 9.17) is 9.47 Å². The molecule has 2 rings (SSSR count). The van der Waals surface area contributed by atoms with E-state index in [-0.39, 0.29) is 24.3 Å². The van der Waals surface area contributed by atoms with Crippen LogP contribution in [0.1, 0.15) is 38.1 Å². The summed E-state index contributed by atoms with van der Waals surface area (Å²) in [5, 5.41) is 0.404. The lowest BCUT2D eigenvalue weighted by atomic mass is 10.1. The van der Waals surface area contributed by atoms with Crippen LogP contribution in [-0.4, -0.2) is 40.0 Å². The zero-order valence-corrected chi connectivity index (χ0v) is 17.5. The van der Waals surface area contributed by atoms with Gasteiger partial charge in [-0.3, -0.25) is 14.2 Å². The second-order valence-electron chi connectivity index (χ2n) is 6.94. The van der Waals surface area contributed by atoms with E-state index in [2.05, 4.69) is 4.98 Å². The van der Waals surface area contributed by atoms with Gasteiger partial charge < -0.3 is 9.47 Å². The molecule has 0 radical (unpaired) electrons. The molecule has 28 heavy (non-hydrogen) atoms. The average molecular weight is 404 g/mol. The third kappa shape index (κ3) is 5.45. The molecule has 150 valence electrons. The zero-order valence-electron chi connectivity index (χ0n) is 16.6. The van der Waals surface area contributed by atoms with Crippen LogP contribution in [0.25, 0.3) is 11.1 Å². The molecule has 1 heterocycles. The number of carbonyl (C=O) groups excluding carboxylic acids is 2. The highest BCUT2D eigenvalue weighted by atomic mass is 32.2. The van der Waals surface area contributed by atoms with Crippen LogP contribution in [0.15, 0.2) is 40.4 Å². The minimum atomic E-state index is -0.654. The van der Waals surface area contributed by atoms with E-state index in [1.54, 1.807) is 58.2 Å². The molecular formula is C20H24N2O5S. The van der Waals surface area contributed by atoms with Gasteiger partial charge in [0.25, 0.3) is 5.56 Å². The Morgan fingerprint density at radius 2 is 1.96 bits per heavy atom. The summed E-state index contributed by atoms with van der Waals surface area (Å²) in [6, 6.07) is 6.57. The number of hydrogen-bond acceptors (Lipinski definition) is 7. The van der Waals surface area contributed by atoms with E-state index in [1.165, 1.54) is 22.5 Å². The van der Waals surface area contributed by atoms with Crippen molar-refractivity contribution in [3.05, 3.63) is 46.4 Å². The Morgan fingerprint density at radius 1 is 1.25 bits per heavy atom. The van der Waals surface area contributed by atoms with Crippen LogP contribution in [0, 0.1) is 0 Å². The normalized spacial score (nSPS) is 11.2. The van der Waals surface area contributed by atoms with Crippen LogP contribution in [0.3, 0.4) is 0 Å². The lowest BCUT2D eigenvalue weighted by molar-refractivity contribution is -0.155. The fourth-order valence-corrected chi connectivity index (χ4v) is 3.03. The molecule has 0 unspecified atom stereocenters. The van der Waals surface area contributed by atoms with Gasteiger partial charge in [0, 0.05) is 6.20 Å². The Hall–Kier alpha value is -2.61. The maximum atomic E-state index is 13.0. The molecule has 0 spiro atoms. The SMILES string of the molecule is CCOC(=O)c1cccc(-c2cnc(SC)n(CC(=O)OC(C)(C)C)c2=O)c1. The maximum Gasteiger partial charge on any atom is 0.338 e. The lowest BCUT2D eigenvalue weighted by Crippen LogP contribution is -2.32. The summed E-state index contributed by atoms with van der Waals surface area (Å²) in [6.07, 6.45) is 3.22. The van der Waals surface area contributed by atoms with Crippen molar-refractivity contribution in [3.8, 4) is 11.1 Å². The summed E-state index contributed by atoms with van der Waals surface area (Å²) in [6.45, 7) is 7.03. The highest BCUT2D eigenvalue weighted by Crippen LogP contribution is 2.20. The first-order chi connectivity index (χ1) is 13.2. The van der Waals surface area contributed by atoms with Crippen LogP contribution in [0.4, 0.5) is 0 Å². The number of thioether (sulfide) groups is 1. The maximum absolute atomic E-state index is 13.0. The van der Waals surface area contributed by atoms with E-state index in [0.717, 1.165) is 0 Å². The molecule has 1 aromatic heterocycles. The highest BCUT2D eigenvalue weighted by Gasteiger charge is 2.20. The first-order valence-corrected chi connectivity index (χ1v) is 10.0. The summed E-state index contributed by atoms with van der Waals surface area (Å²) in [4.78, 5) is 41.5. The van der Waals surface area contributed by atoms with Gasteiger partial charge in [0.1, 0.15) is 12.1 Å². The fraction of sp³-hybridized carbons (Fsp3) is 0.400. The lowest BCUT2D eigenvalue weighted by Gasteiger charge is -2.20. The van der Waals surface area contributed by atoms with Crippen LogP contribution >= 0.6 is 11.8 Å². The first kappa shape index (κ1) is 21.7. The minimum absolute atomic E-state index is 0.245. The summed E-state index contributed by atoms with van der Waals surface area (Å²) >= 11 is 1.26. The number of hydrogen-bond donors (Lipinski definition) is 0. The number of rotatable bonds is 6. The highest BCUT2D eigenvalue weighted by molar-refractivity contribution is 7.98. The van der Waals surface area contributed by atoms with Gasteiger partial charge in [-0.2, -0.15) is 0 Å². The fourth-order valence-electron chi connectivity index (χ4n) is 2.51. The number of nitrogens with zero attached hydrogens (tertiary/aromatic N) is 2. The van der Waals surface area contributed by atoms with E-state index < -0.39 is 17.5 Å². The minimum Gasteiger partial charge on any atom is -0.462 e.